The Labute approximate surface area is 62.9 Å². The molecular formula is C7H9F3O. The predicted octanol–water partition coefficient (Wildman–Crippen LogP) is 2.47. The van der Waals surface area contributed by atoms with Crippen molar-refractivity contribution < 1.29 is 18.0 Å². The maximum Gasteiger partial charge on any atom is 0.412 e. The van der Waals surface area contributed by atoms with Gasteiger partial charge in [-0.15, -0.1) is 0 Å². The van der Waals surface area contributed by atoms with Crippen molar-refractivity contribution in [1.82, 2.24) is 0 Å². The average molecular weight is 166 g/mol. The Morgan fingerprint density at radius 1 is 1.45 bits per heavy atom. The van der Waals surface area contributed by atoms with Crippen LogP contribution in [0.2, 0.25) is 0 Å². The lowest BCUT2D eigenvalue weighted by Gasteiger charge is -2.04. The van der Waals surface area contributed by atoms with Gasteiger partial charge in [-0.3, -0.25) is 4.79 Å². The summed E-state index contributed by atoms with van der Waals surface area (Å²) in [7, 11) is 0. The van der Waals surface area contributed by atoms with Crippen LogP contribution in [-0.2, 0) is 4.79 Å². The SMILES string of the molecule is CCC(=O)/C=C(/C)C(F)(F)F. The summed E-state index contributed by atoms with van der Waals surface area (Å²) < 4.78 is 35.2. The first-order valence-corrected chi connectivity index (χ1v) is 3.16. The molecule has 0 heterocycles. The van der Waals surface area contributed by atoms with Crippen molar-refractivity contribution in [2.24, 2.45) is 0 Å². The molecule has 64 valence electrons. The summed E-state index contributed by atoms with van der Waals surface area (Å²) in [5.41, 5.74) is -0.843. The molecule has 4 heteroatoms. The minimum absolute atomic E-state index is 0.105. The quantitative estimate of drug-likeness (QED) is 0.576. The molecular weight excluding hydrogens is 157 g/mol. The molecule has 0 saturated heterocycles. The third-order valence-corrected chi connectivity index (χ3v) is 1.17. The van der Waals surface area contributed by atoms with E-state index >= 15 is 0 Å². The van der Waals surface area contributed by atoms with E-state index in [-0.39, 0.29) is 6.42 Å². The van der Waals surface area contributed by atoms with Gasteiger partial charge in [-0.2, -0.15) is 13.2 Å². The van der Waals surface area contributed by atoms with Gasteiger partial charge in [-0.05, 0) is 13.0 Å². The van der Waals surface area contributed by atoms with Gasteiger partial charge in [-0.25, -0.2) is 0 Å². The van der Waals surface area contributed by atoms with E-state index in [4.69, 9.17) is 0 Å². The van der Waals surface area contributed by atoms with E-state index in [0.29, 0.717) is 6.08 Å². The number of hydrogen-bond acceptors (Lipinski definition) is 1. The molecule has 0 spiro atoms. The minimum Gasteiger partial charge on any atom is -0.295 e. The van der Waals surface area contributed by atoms with Gasteiger partial charge in [0.15, 0.2) is 5.78 Å². The summed E-state index contributed by atoms with van der Waals surface area (Å²) >= 11 is 0. The van der Waals surface area contributed by atoms with Gasteiger partial charge in [0.05, 0.1) is 0 Å². The molecule has 0 aromatic heterocycles. The third-order valence-electron chi connectivity index (χ3n) is 1.17. The first kappa shape index (κ1) is 10.2. The minimum atomic E-state index is -4.37. The molecule has 0 N–H and O–H groups in total. The van der Waals surface area contributed by atoms with Crippen LogP contribution in [-0.4, -0.2) is 12.0 Å². The summed E-state index contributed by atoms with van der Waals surface area (Å²) in [6.07, 6.45) is -3.64. The number of rotatable bonds is 2. The summed E-state index contributed by atoms with van der Waals surface area (Å²) in [5, 5.41) is 0. The molecule has 0 aromatic carbocycles. The fraction of sp³-hybridized carbons (Fsp3) is 0.571. The lowest BCUT2D eigenvalue weighted by molar-refractivity contribution is -0.116. The zero-order valence-corrected chi connectivity index (χ0v) is 6.33. The van der Waals surface area contributed by atoms with Crippen molar-refractivity contribution in [2.75, 3.05) is 0 Å². The van der Waals surface area contributed by atoms with E-state index in [9.17, 15) is 18.0 Å². The van der Waals surface area contributed by atoms with Crippen LogP contribution in [0.4, 0.5) is 13.2 Å². The smallest absolute Gasteiger partial charge is 0.295 e. The van der Waals surface area contributed by atoms with E-state index in [2.05, 4.69) is 0 Å². The highest BCUT2D eigenvalue weighted by atomic mass is 19.4. The van der Waals surface area contributed by atoms with Crippen LogP contribution in [0.25, 0.3) is 0 Å². The number of alkyl halides is 3. The molecule has 0 aliphatic heterocycles. The van der Waals surface area contributed by atoms with Gasteiger partial charge in [0.25, 0.3) is 0 Å². The molecule has 0 bridgehead atoms. The van der Waals surface area contributed by atoms with Crippen LogP contribution in [0, 0.1) is 0 Å². The molecule has 0 saturated carbocycles. The molecule has 0 unspecified atom stereocenters. The van der Waals surface area contributed by atoms with E-state index in [1.54, 1.807) is 0 Å². The Balaban J connectivity index is 4.35. The van der Waals surface area contributed by atoms with Crippen LogP contribution >= 0.6 is 0 Å². The van der Waals surface area contributed by atoms with Crippen LogP contribution in [0.5, 0.6) is 0 Å². The van der Waals surface area contributed by atoms with Crippen LogP contribution in [0.15, 0.2) is 11.6 Å². The summed E-state index contributed by atoms with van der Waals surface area (Å²) in [6, 6.07) is 0. The molecule has 1 nitrogen and oxygen atoms in total. The highest BCUT2D eigenvalue weighted by molar-refractivity contribution is 5.90. The standard InChI is InChI=1S/C7H9F3O/c1-3-6(11)4-5(2)7(8,9)10/h4H,3H2,1-2H3/b5-4-. The number of halogens is 3. The molecule has 11 heavy (non-hydrogen) atoms. The maximum absolute atomic E-state index is 11.7. The summed E-state index contributed by atoms with van der Waals surface area (Å²) in [4.78, 5) is 10.5. The Morgan fingerprint density at radius 2 is 1.91 bits per heavy atom. The molecule has 0 amide bonds. The number of hydrogen-bond donors (Lipinski definition) is 0. The topological polar surface area (TPSA) is 17.1 Å². The van der Waals surface area contributed by atoms with Gasteiger partial charge in [-0.1, -0.05) is 6.92 Å². The van der Waals surface area contributed by atoms with Gasteiger partial charge in [0.2, 0.25) is 0 Å². The highest BCUT2D eigenvalue weighted by Crippen LogP contribution is 2.24. The number of carbonyl (C=O) groups excluding carboxylic acids is 1. The van der Waals surface area contributed by atoms with E-state index in [1.165, 1.54) is 6.92 Å². The van der Waals surface area contributed by atoms with Crippen molar-refractivity contribution in [2.45, 2.75) is 26.4 Å². The second-order valence-electron chi connectivity index (χ2n) is 2.14. The molecule has 0 rings (SSSR count). The van der Waals surface area contributed by atoms with Gasteiger partial charge in [0, 0.05) is 12.0 Å². The van der Waals surface area contributed by atoms with E-state index < -0.39 is 17.5 Å². The van der Waals surface area contributed by atoms with Crippen molar-refractivity contribution in [3.05, 3.63) is 11.6 Å². The molecule has 0 atom stereocenters. The van der Waals surface area contributed by atoms with E-state index in [1.807, 2.05) is 0 Å². The highest BCUT2D eigenvalue weighted by Gasteiger charge is 2.30. The monoisotopic (exact) mass is 166 g/mol. The van der Waals surface area contributed by atoms with Gasteiger partial charge in [0.1, 0.15) is 0 Å². The van der Waals surface area contributed by atoms with Crippen molar-refractivity contribution >= 4 is 5.78 Å². The molecule has 0 radical (unpaired) electrons. The third kappa shape index (κ3) is 3.80. The Bertz CT molecular complexity index is 179. The van der Waals surface area contributed by atoms with Crippen LogP contribution < -0.4 is 0 Å². The molecule has 0 aliphatic carbocycles. The fourth-order valence-electron chi connectivity index (χ4n) is 0.425. The zero-order valence-electron chi connectivity index (χ0n) is 6.33. The fourth-order valence-corrected chi connectivity index (χ4v) is 0.425. The van der Waals surface area contributed by atoms with E-state index in [0.717, 1.165) is 6.92 Å². The largest absolute Gasteiger partial charge is 0.412 e. The predicted molar refractivity (Wildman–Crippen MR) is 35.1 cm³/mol. The summed E-state index contributed by atoms with van der Waals surface area (Å²) in [6.45, 7) is 2.40. The lowest BCUT2D eigenvalue weighted by Crippen LogP contribution is -2.10. The molecule has 0 fully saturated rings. The van der Waals surface area contributed by atoms with Crippen LogP contribution in [0.3, 0.4) is 0 Å². The summed E-state index contributed by atoms with van der Waals surface area (Å²) in [5.74, 6) is -0.500. The van der Waals surface area contributed by atoms with Crippen molar-refractivity contribution in [1.29, 1.82) is 0 Å². The Hall–Kier alpha value is -0.800. The maximum atomic E-state index is 11.7. The van der Waals surface area contributed by atoms with Gasteiger partial charge >= 0.3 is 6.18 Å². The van der Waals surface area contributed by atoms with Crippen LogP contribution in [0.1, 0.15) is 20.3 Å². The number of allylic oxidation sites excluding steroid dienone is 2. The van der Waals surface area contributed by atoms with Gasteiger partial charge < -0.3 is 0 Å². The molecule has 0 aliphatic rings. The van der Waals surface area contributed by atoms with Crippen molar-refractivity contribution in [3.63, 3.8) is 0 Å². The lowest BCUT2D eigenvalue weighted by atomic mass is 10.2. The number of carbonyl (C=O) groups is 1. The second kappa shape index (κ2) is 3.55. The Morgan fingerprint density at radius 3 is 2.18 bits per heavy atom. The number of ketones is 1. The van der Waals surface area contributed by atoms with Crippen molar-refractivity contribution in [3.8, 4) is 0 Å². The first-order valence-electron chi connectivity index (χ1n) is 3.16. The average Bonchev–Trinajstić information content (AvgIpc) is 1.85. The first-order chi connectivity index (χ1) is 4.88. The zero-order chi connectivity index (χ0) is 9.07. The molecule has 0 aromatic rings. The Kier molecular flexibility index (Phi) is 3.29. The normalized spacial score (nSPS) is 13.4. The second-order valence-corrected chi connectivity index (χ2v) is 2.14.